The van der Waals surface area contributed by atoms with E-state index in [1.807, 2.05) is 32.0 Å². The van der Waals surface area contributed by atoms with Crippen molar-refractivity contribution in [1.82, 2.24) is 29.5 Å². The van der Waals surface area contributed by atoms with Gasteiger partial charge in [-0.2, -0.15) is 0 Å². The molecule has 11 nitrogen and oxygen atoms in total. The second-order valence-electron chi connectivity index (χ2n) is 7.75. The minimum Gasteiger partial charge on any atom is -0.492 e. The molecule has 0 aliphatic heterocycles. The topological polar surface area (TPSA) is 128 Å². The Hall–Kier alpha value is -5.06. The summed E-state index contributed by atoms with van der Waals surface area (Å²) in [6, 6.07) is 10.9. The number of nitrogens with one attached hydrogen (secondary N) is 2. The number of hydrogen-bond donors (Lipinski definition) is 2. The molecule has 0 saturated heterocycles. The third kappa shape index (κ3) is 4.62. The molecule has 5 rings (SSSR count). The van der Waals surface area contributed by atoms with Crippen LogP contribution in [0, 0.1) is 6.92 Å². The maximum Gasteiger partial charge on any atom is 0.247 e. The van der Waals surface area contributed by atoms with Crippen molar-refractivity contribution in [2.45, 2.75) is 13.8 Å². The van der Waals surface area contributed by atoms with Crippen LogP contribution in [0.2, 0.25) is 0 Å². The molecule has 3 aromatic heterocycles. The number of hydrogen-bond acceptors (Lipinski definition) is 9. The lowest BCUT2D eigenvalue weighted by Crippen LogP contribution is -2.09. The molecule has 0 atom stereocenters. The van der Waals surface area contributed by atoms with Crippen LogP contribution in [0.4, 0.5) is 17.2 Å². The predicted octanol–water partition coefficient (Wildman–Crippen LogP) is 4.44. The molecule has 0 aliphatic rings. The van der Waals surface area contributed by atoms with Gasteiger partial charge in [-0.3, -0.25) is 9.20 Å². The number of ether oxygens (including phenoxy) is 2. The first-order chi connectivity index (χ1) is 17.5. The van der Waals surface area contributed by atoms with Crippen LogP contribution in [-0.4, -0.2) is 42.1 Å². The van der Waals surface area contributed by atoms with Crippen molar-refractivity contribution < 1.29 is 14.3 Å². The normalized spacial score (nSPS) is 10.8. The highest BCUT2D eigenvalue weighted by molar-refractivity contribution is 6.03. The Bertz CT molecular complexity index is 1600. The molecule has 5 aromatic rings. The van der Waals surface area contributed by atoms with Crippen LogP contribution < -0.4 is 20.1 Å². The number of benzene rings is 2. The van der Waals surface area contributed by atoms with Crippen molar-refractivity contribution in [3.63, 3.8) is 0 Å². The Balaban J connectivity index is 1.43. The number of nitrogens with zero attached hydrogens (tertiary/aromatic N) is 6. The predicted molar refractivity (Wildman–Crippen MR) is 135 cm³/mol. The maximum atomic E-state index is 11.9. The highest BCUT2D eigenvalue weighted by Gasteiger charge is 2.13. The van der Waals surface area contributed by atoms with Crippen LogP contribution in [0.15, 0.2) is 68.0 Å². The molecule has 180 valence electrons. The first-order valence-electron chi connectivity index (χ1n) is 11.1. The number of rotatable bonds is 8. The summed E-state index contributed by atoms with van der Waals surface area (Å²) in [6.45, 7) is 7.75. The van der Waals surface area contributed by atoms with Crippen molar-refractivity contribution in [2.75, 3.05) is 17.2 Å². The van der Waals surface area contributed by atoms with E-state index < -0.39 is 0 Å². The molecular weight excluding hydrogens is 460 g/mol. The second kappa shape index (κ2) is 9.66. The first-order valence-corrected chi connectivity index (χ1v) is 11.1. The molecule has 0 saturated carbocycles. The lowest BCUT2D eigenvalue weighted by Gasteiger charge is -2.15. The summed E-state index contributed by atoms with van der Waals surface area (Å²) in [5.41, 5.74) is 3.50. The molecule has 2 aromatic carbocycles. The van der Waals surface area contributed by atoms with Crippen molar-refractivity contribution in [3.8, 4) is 17.4 Å². The third-order valence-electron chi connectivity index (χ3n) is 5.29. The highest BCUT2D eigenvalue weighted by atomic mass is 16.5. The highest BCUT2D eigenvalue weighted by Crippen LogP contribution is 2.34. The van der Waals surface area contributed by atoms with Gasteiger partial charge in [0.15, 0.2) is 5.65 Å². The summed E-state index contributed by atoms with van der Waals surface area (Å²) >= 11 is 0. The average Bonchev–Trinajstić information content (AvgIpc) is 3.34. The van der Waals surface area contributed by atoms with Gasteiger partial charge in [-0.25, -0.2) is 15.0 Å². The summed E-state index contributed by atoms with van der Waals surface area (Å²) in [5.74, 6) is 1.82. The fourth-order valence-electron chi connectivity index (χ4n) is 3.60. The number of anilines is 3. The van der Waals surface area contributed by atoms with Crippen LogP contribution >= 0.6 is 0 Å². The van der Waals surface area contributed by atoms with Gasteiger partial charge in [0, 0.05) is 23.2 Å². The number of aromatic nitrogens is 6. The Labute approximate surface area is 205 Å². The Morgan fingerprint density at radius 3 is 2.81 bits per heavy atom. The molecule has 0 bridgehead atoms. The molecule has 36 heavy (non-hydrogen) atoms. The second-order valence-corrected chi connectivity index (χ2v) is 7.75. The summed E-state index contributed by atoms with van der Waals surface area (Å²) < 4.78 is 13.3. The molecule has 11 heteroatoms. The molecule has 0 aliphatic carbocycles. The Morgan fingerprint density at radius 2 is 2.00 bits per heavy atom. The number of amides is 1. The molecule has 0 spiro atoms. The zero-order chi connectivity index (χ0) is 25.1. The Kier molecular flexibility index (Phi) is 6.10. The van der Waals surface area contributed by atoms with Crippen molar-refractivity contribution in [1.29, 1.82) is 0 Å². The van der Waals surface area contributed by atoms with E-state index in [0.29, 0.717) is 52.0 Å². The van der Waals surface area contributed by atoms with Crippen LogP contribution in [-0.2, 0) is 4.79 Å². The Morgan fingerprint density at radius 1 is 1.11 bits per heavy atom. The van der Waals surface area contributed by atoms with E-state index in [1.165, 1.54) is 12.4 Å². The lowest BCUT2D eigenvalue weighted by atomic mass is 10.1. The van der Waals surface area contributed by atoms with E-state index in [2.05, 4.69) is 42.4 Å². The van der Waals surface area contributed by atoms with Gasteiger partial charge in [0.25, 0.3) is 0 Å². The van der Waals surface area contributed by atoms with Gasteiger partial charge in [-0.1, -0.05) is 6.58 Å². The third-order valence-corrected chi connectivity index (χ3v) is 5.29. The summed E-state index contributed by atoms with van der Waals surface area (Å²) in [5, 5.41) is 14.7. The molecular formula is C25H22N8O3. The van der Waals surface area contributed by atoms with Crippen LogP contribution in [0.3, 0.4) is 0 Å². The number of carbonyl (C=O) groups excluding carboxylic acids is 1. The standard InChI is InChI=1S/C25H22N8O3/c1-4-23(34)31-19-9-17-18(10-21(19)35-5-2)26-12-27-25(17)30-16-6-7-20(15(3)8-16)36-24-11-22-32-29-14-33(22)13-28-24/h4,6-14H,1,5H2,2-3H3,(H,31,34)(H,26,27,30). The molecule has 2 N–H and O–H groups in total. The fraction of sp³-hybridized carbons (Fsp3) is 0.120. The van der Waals surface area contributed by atoms with E-state index in [4.69, 9.17) is 9.47 Å². The van der Waals surface area contributed by atoms with Gasteiger partial charge in [0.1, 0.15) is 36.3 Å². The largest absolute Gasteiger partial charge is 0.492 e. The van der Waals surface area contributed by atoms with Crippen LogP contribution in [0.25, 0.3) is 16.6 Å². The molecule has 0 fully saturated rings. The number of aryl methyl sites for hydroxylation is 1. The van der Waals surface area contributed by atoms with E-state index in [1.54, 1.807) is 35.3 Å². The first kappa shape index (κ1) is 22.7. The van der Waals surface area contributed by atoms with Gasteiger partial charge in [-0.15, -0.1) is 10.2 Å². The van der Waals surface area contributed by atoms with E-state index in [0.717, 1.165) is 11.3 Å². The van der Waals surface area contributed by atoms with E-state index >= 15 is 0 Å². The zero-order valence-electron chi connectivity index (χ0n) is 19.6. The molecule has 1 amide bonds. The van der Waals surface area contributed by atoms with Crippen LogP contribution in [0.5, 0.6) is 17.4 Å². The quantitative estimate of drug-likeness (QED) is 0.309. The molecule has 3 heterocycles. The maximum absolute atomic E-state index is 11.9. The van der Waals surface area contributed by atoms with Crippen LogP contribution in [0.1, 0.15) is 12.5 Å². The summed E-state index contributed by atoms with van der Waals surface area (Å²) in [7, 11) is 0. The minimum atomic E-state index is -0.342. The van der Waals surface area contributed by atoms with Gasteiger partial charge in [0.2, 0.25) is 11.8 Å². The van der Waals surface area contributed by atoms with Gasteiger partial charge in [-0.05, 0) is 49.8 Å². The smallest absolute Gasteiger partial charge is 0.247 e. The number of fused-ring (bicyclic) bond motifs is 2. The molecule has 0 radical (unpaired) electrons. The van der Waals surface area contributed by atoms with Gasteiger partial charge in [0.05, 0.1) is 17.8 Å². The van der Waals surface area contributed by atoms with Crippen molar-refractivity contribution in [3.05, 3.63) is 73.6 Å². The SMILES string of the molecule is C=CC(=O)Nc1cc2c(Nc3ccc(Oc4cc5nncn5cn4)c(C)c3)ncnc2cc1OCC. The average molecular weight is 483 g/mol. The van der Waals surface area contributed by atoms with Gasteiger partial charge >= 0.3 is 0 Å². The van der Waals surface area contributed by atoms with Crippen molar-refractivity contribution in [2.24, 2.45) is 0 Å². The molecule has 0 unspecified atom stereocenters. The monoisotopic (exact) mass is 482 g/mol. The van der Waals surface area contributed by atoms with E-state index in [9.17, 15) is 4.79 Å². The van der Waals surface area contributed by atoms with Crippen molar-refractivity contribution >= 4 is 39.6 Å². The number of carbonyl (C=O) groups is 1. The summed E-state index contributed by atoms with van der Waals surface area (Å²) in [4.78, 5) is 25.0. The van der Waals surface area contributed by atoms with Gasteiger partial charge < -0.3 is 20.1 Å². The lowest BCUT2D eigenvalue weighted by molar-refractivity contribution is -0.111. The summed E-state index contributed by atoms with van der Waals surface area (Å²) in [6.07, 6.45) is 5.84. The minimum absolute atomic E-state index is 0.342. The zero-order valence-corrected chi connectivity index (χ0v) is 19.6. The fourth-order valence-corrected chi connectivity index (χ4v) is 3.60. The van der Waals surface area contributed by atoms with E-state index in [-0.39, 0.29) is 5.91 Å².